The fraction of sp³-hybridized carbons (Fsp3) is 0.179. The molecule has 0 radical (unpaired) electrons. The number of amides is 4. The molecular weight excluding hydrogens is 479 g/mol. The van der Waals surface area contributed by atoms with E-state index < -0.39 is 17.8 Å². The number of nitrogens with zero attached hydrogens (tertiary/aromatic N) is 1. The van der Waals surface area contributed by atoms with Crippen LogP contribution in [0.25, 0.3) is 6.08 Å². The van der Waals surface area contributed by atoms with Gasteiger partial charge in [-0.15, -0.1) is 6.58 Å². The van der Waals surface area contributed by atoms with Crippen molar-refractivity contribution in [1.82, 2.24) is 10.2 Å². The average Bonchev–Trinajstić information content (AvgIpc) is 3.39. The number of rotatable bonds is 10. The van der Waals surface area contributed by atoms with Gasteiger partial charge in [-0.2, -0.15) is 0 Å². The highest BCUT2D eigenvalue weighted by Gasteiger charge is 2.36. The first-order valence-electron chi connectivity index (χ1n) is 11.6. The summed E-state index contributed by atoms with van der Waals surface area (Å²) in [4.78, 5) is 38.9. The minimum atomic E-state index is -0.831. The van der Waals surface area contributed by atoms with Gasteiger partial charge >= 0.3 is 6.03 Å². The molecule has 0 spiro atoms. The van der Waals surface area contributed by atoms with Gasteiger partial charge < -0.3 is 13.9 Å². The van der Waals surface area contributed by atoms with E-state index in [9.17, 15) is 18.8 Å². The van der Waals surface area contributed by atoms with Crippen molar-refractivity contribution in [2.75, 3.05) is 6.61 Å². The van der Waals surface area contributed by atoms with Crippen LogP contribution in [0, 0.1) is 5.82 Å². The molecular formula is C28H25FN2O6. The molecule has 0 atom stereocenters. The van der Waals surface area contributed by atoms with Gasteiger partial charge in [0.1, 0.15) is 23.8 Å². The van der Waals surface area contributed by atoms with Gasteiger partial charge in [0.2, 0.25) is 0 Å². The molecule has 37 heavy (non-hydrogen) atoms. The first-order valence-corrected chi connectivity index (χ1v) is 11.6. The van der Waals surface area contributed by atoms with E-state index in [1.807, 2.05) is 0 Å². The highest BCUT2D eigenvalue weighted by molar-refractivity contribution is 6.30. The zero-order valence-corrected chi connectivity index (χ0v) is 20.2. The number of allylic oxidation sites excluding steroid dienone is 1. The van der Waals surface area contributed by atoms with Crippen molar-refractivity contribution in [2.45, 2.75) is 26.5 Å². The van der Waals surface area contributed by atoms with E-state index in [0.29, 0.717) is 47.0 Å². The minimum Gasteiger partial charge on any atom is -0.490 e. The Morgan fingerprint density at radius 3 is 2.59 bits per heavy atom. The second-order valence-electron chi connectivity index (χ2n) is 8.10. The van der Waals surface area contributed by atoms with E-state index in [-0.39, 0.29) is 24.5 Å². The Bertz CT molecular complexity index is 1360. The highest BCUT2D eigenvalue weighted by atomic mass is 19.1. The summed E-state index contributed by atoms with van der Waals surface area (Å²) < 4.78 is 31.1. The van der Waals surface area contributed by atoms with E-state index in [2.05, 4.69) is 11.9 Å². The molecule has 1 aliphatic heterocycles. The molecule has 0 unspecified atom stereocenters. The van der Waals surface area contributed by atoms with Crippen LogP contribution in [0.15, 0.2) is 77.4 Å². The number of carbonyl (C=O) groups excluding carboxylic acids is 3. The molecule has 1 aliphatic rings. The molecule has 190 valence electrons. The van der Waals surface area contributed by atoms with Crippen molar-refractivity contribution in [3.05, 3.63) is 101 Å². The van der Waals surface area contributed by atoms with Gasteiger partial charge in [-0.25, -0.2) is 9.18 Å². The Morgan fingerprint density at radius 2 is 1.89 bits per heavy atom. The van der Waals surface area contributed by atoms with Crippen LogP contribution in [0.2, 0.25) is 0 Å². The summed E-state index contributed by atoms with van der Waals surface area (Å²) >= 11 is 0. The lowest BCUT2D eigenvalue weighted by molar-refractivity contribution is -0.130. The van der Waals surface area contributed by atoms with Gasteiger partial charge in [0.15, 0.2) is 11.5 Å². The van der Waals surface area contributed by atoms with Crippen LogP contribution >= 0.6 is 0 Å². The molecule has 1 saturated heterocycles. The normalized spacial score (nSPS) is 14.6. The monoisotopic (exact) mass is 504 g/mol. The van der Waals surface area contributed by atoms with Crippen molar-refractivity contribution >= 4 is 23.9 Å². The lowest BCUT2D eigenvalue weighted by Gasteiger charge is -2.25. The molecule has 3 aromatic rings. The van der Waals surface area contributed by atoms with Crippen LogP contribution in [0.1, 0.15) is 29.4 Å². The average molecular weight is 505 g/mol. The number of nitrogens with one attached hydrogen (secondary N) is 1. The molecule has 4 amide bonds. The molecule has 1 N–H and O–H groups in total. The molecule has 0 aliphatic carbocycles. The third-order valence-electron chi connectivity index (χ3n) is 5.54. The fourth-order valence-electron chi connectivity index (χ4n) is 3.83. The van der Waals surface area contributed by atoms with Crippen LogP contribution in [0.5, 0.6) is 11.5 Å². The molecule has 9 heteroatoms. The third kappa shape index (κ3) is 5.78. The first-order chi connectivity index (χ1) is 17.9. The maximum Gasteiger partial charge on any atom is 0.331 e. The number of hydrogen-bond acceptors (Lipinski definition) is 6. The molecule has 0 bridgehead atoms. The topological polar surface area (TPSA) is 98.1 Å². The van der Waals surface area contributed by atoms with Crippen LogP contribution in [0.3, 0.4) is 0 Å². The highest BCUT2D eigenvalue weighted by Crippen LogP contribution is 2.35. The minimum absolute atomic E-state index is 0.0257. The number of urea groups is 1. The lowest BCUT2D eigenvalue weighted by atomic mass is 10.0. The van der Waals surface area contributed by atoms with Crippen LogP contribution < -0.4 is 14.8 Å². The fourth-order valence-corrected chi connectivity index (χ4v) is 3.83. The molecule has 1 fully saturated rings. The Morgan fingerprint density at radius 1 is 1.08 bits per heavy atom. The lowest BCUT2D eigenvalue weighted by Crippen LogP contribution is -2.53. The van der Waals surface area contributed by atoms with Crippen molar-refractivity contribution in [2.24, 2.45) is 0 Å². The van der Waals surface area contributed by atoms with E-state index in [1.165, 1.54) is 18.4 Å². The summed E-state index contributed by atoms with van der Waals surface area (Å²) in [5.74, 6) is -0.802. The van der Waals surface area contributed by atoms with Gasteiger partial charge in [-0.05, 0) is 55.3 Å². The molecule has 0 saturated carbocycles. The number of carbonyl (C=O) groups is 3. The number of imide groups is 2. The van der Waals surface area contributed by atoms with E-state index in [0.717, 1.165) is 4.90 Å². The Balaban J connectivity index is 1.68. The number of furan rings is 1. The maximum absolute atomic E-state index is 14.1. The van der Waals surface area contributed by atoms with Crippen LogP contribution in [-0.4, -0.2) is 29.4 Å². The Labute approximate surface area is 213 Å². The number of ether oxygens (including phenoxy) is 2. The summed E-state index contributed by atoms with van der Waals surface area (Å²) in [6.07, 6.45) is 4.86. The second-order valence-corrected chi connectivity index (χ2v) is 8.10. The summed E-state index contributed by atoms with van der Waals surface area (Å²) in [5, 5.41) is 2.19. The van der Waals surface area contributed by atoms with Crippen LogP contribution in [-0.2, 0) is 29.2 Å². The van der Waals surface area contributed by atoms with Gasteiger partial charge in [0, 0.05) is 11.1 Å². The second kappa shape index (κ2) is 11.4. The summed E-state index contributed by atoms with van der Waals surface area (Å²) in [7, 11) is 0. The Kier molecular flexibility index (Phi) is 7.83. The quantitative estimate of drug-likeness (QED) is 0.242. The summed E-state index contributed by atoms with van der Waals surface area (Å²) in [6.45, 7) is 5.75. The van der Waals surface area contributed by atoms with Gasteiger partial charge in [0.05, 0.1) is 19.4 Å². The first kappa shape index (κ1) is 25.4. The summed E-state index contributed by atoms with van der Waals surface area (Å²) in [6, 6.07) is 12.1. The maximum atomic E-state index is 14.1. The van der Waals surface area contributed by atoms with Crippen molar-refractivity contribution < 1.29 is 32.7 Å². The van der Waals surface area contributed by atoms with Gasteiger partial charge in [-0.3, -0.25) is 19.8 Å². The number of halogens is 1. The van der Waals surface area contributed by atoms with E-state index in [4.69, 9.17) is 13.9 Å². The largest absolute Gasteiger partial charge is 0.490 e. The van der Waals surface area contributed by atoms with Crippen LogP contribution in [0.4, 0.5) is 9.18 Å². The third-order valence-corrected chi connectivity index (χ3v) is 5.54. The van der Waals surface area contributed by atoms with Crippen molar-refractivity contribution in [3.63, 3.8) is 0 Å². The number of hydrogen-bond donors (Lipinski definition) is 1. The van der Waals surface area contributed by atoms with Crippen molar-refractivity contribution in [1.29, 1.82) is 0 Å². The molecule has 1 aromatic heterocycles. The predicted octanol–water partition coefficient (Wildman–Crippen LogP) is 4.79. The van der Waals surface area contributed by atoms with Gasteiger partial charge in [-0.1, -0.05) is 24.3 Å². The summed E-state index contributed by atoms with van der Waals surface area (Å²) in [5.41, 5.74) is 1.30. The standard InChI is InChI=1S/C28H25FN2O6/c1-3-8-19-13-18(15-24(35-4-2)25(19)37-17-20-9-5-6-11-23(20)29)14-22-26(32)30-28(34)31(27(22)33)16-21-10-7-12-36-21/h3,5-7,9-15H,1,4,8,16-17H2,2H3,(H,30,32,34)/b22-14+. The SMILES string of the molecule is C=CCc1cc(/C=C2\C(=O)NC(=O)N(Cc3ccco3)C2=O)cc(OCC)c1OCc1ccccc1F. The molecule has 8 nitrogen and oxygen atoms in total. The zero-order valence-electron chi connectivity index (χ0n) is 20.2. The molecule has 2 heterocycles. The number of benzene rings is 2. The van der Waals surface area contributed by atoms with E-state index in [1.54, 1.807) is 55.5 Å². The molecule has 4 rings (SSSR count). The Hall–Kier alpha value is -4.66. The van der Waals surface area contributed by atoms with E-state index >= 15 is 0 Å². The predicted molar refractivity (Wildman–Crippen MR) is 133 cm³/mol. The molecule has 2 aromatic carbocycles. The zero-order chi connectivity index (χ0) is 26.4. The van der Waals surface area contributed by atoms with Crippen molar-refractivity contribution in [3.8, 4) is 11.5 Å². The number of barbiturate groups is 1. The van der Waals surface area contributed by atoms with Gasteiger partial charge in [0.25, 0.3) is 11.8 Å². The smallest absolute Gasteiger partial charge is 0.331 e.